The van der Waals surface area contributed by atoms with Gasteiger partial charge in [-0.05, 0) is 31.4 Å². The molecule has 5 nitrogen and oxygen atoms in total. The van der Waals surface area contributed by atoms with Crippen LogP contribution in [0.2, 0.25) is 0 Å². The summed E-state index contributed by atoms with van der Waals surface area (Å²) in [6, 6.07) is 4.03. The smallest absolute Gasteiger partial charge is 0.303 e. The quantitative estimate of drug-likeness (QED) is 0.677. The molecule has 0 aliphatic carbocycles. The summed E-state index contributed by atoms with van der Waals surface area (Å²) in [5.74, 6) is 0.182. The number of fused-ring (bicyclic) bond motifs is 1. The van der Waals surface area contributed by atoms with Crippen LogP contribution in [0, 0.1) is 0 Å². The Morgan fingerprint density at radius 2 is 2.12 bits per heavy atom. The number of aryl methyl sites for hydroxylation is 1. The van der Waals surface area contributed by atoms with Gasteiger partial charge in [-0.3, -0.25) is 4.79 Å². The molecule has 1 aromatic rings. The van der Waals surface area contributed by atoms with E-state index in [2.05, 4.69) is 15.6 Å². The van der Waals surface area contributed by atoms with Crippen molar-refractivity contribution < 1.29 is 9.90 Å². The summed E-state index contributed by atoms with van der Waals surface area (Å²) in [5, 5.41) is 15.0. The van der Waals surface area contributed by atoms with Crippen LogP contribution in [-0.2, 0) is 11.2 Å². The molecule has 1 aliphatic rings. The highest BCUT2D eigenvalue weighted by molar-refractivity contribution is 5.67. The van der Waals surface area contributed by atoms with E-state index < -0.39 is 5.97 Å². The maximum absolute atomic E-state index is 10.4. The van der Waals surface area contributed by atoms with Crippen LogP contribution in [-0.4, -0.2) is 29.1 Å². The summed E-state index contributed by atoms with van der Waals surface area (Å²) in [7, 11) is 0. The molecule has 3 N–H and O–H groups in total. The Labute approximate surface area is 100 Å². The van der Waals surface area contributed by atoms with Crippen molar-refractivity contribution in [1.29, 1.82) is 0 Å². The second-order valence-electron chi connectivity index (χ2n) is 4.15. The summed E-state index contributed by atoms with van der Waals surface area (Å²) in [6.45, 7) is 1.81. The van der Waals surface area contributed by atoms with Gasteiger partial charge in [-0.15, -0.1) is 0 Å². The van der Waals surface area contributed by atoms with Crippen molar-refractivity contribution in [1.82, 2.24) is 4.98 Å². The Balaban J connectivity index is 1.86. The van der Waals surface area contributed by atoms with Gasteiger partial charge in [-0.2, -0.15) is 0 Å². The van der Waals surface area contributed by atoms with Gasteiger partial charge < -0.3 is 15.7 Å². The number of nitrogens with one attached hydrogen (secondary N) is 2. The van der Waals surface area contributed by atoms with Gasteiger partial charge in [0.1, 0.15) is 5.82 Å². The number of carboxylic acid groups (broad SMARTS) is 1. The highest BCUT2D eigenvalue weighted by Gasteiger charge is 2.09. The summed E-state index contributed by atoms with van der Waals surface area (Å²) in [6.07, 6.45) is 2.65. The lowest BCUT2D eigenvalue weighted by Crippen LogP contribution is -2.21. The number of pyridine rings is 1. The molecule has 0 fully saturated rings. The van der Waals surface area contributed by atoms with E-state index in [-0.39, 0.29) is 6.42 Å². The third-order valence-electron chi connectivity index (χ3n) is 2.76. The van der Waals surface area contributed by atoms with Crippen molar-refractivity contribution in [3.63, 3.8) is 0 Å². The average molecular weight is 235 g/mol. The number of aliphatic carboxylic acids is 1. The Kier molecular flexibility index (Phi) is 3.80. The normalized spacial score (nSPS) is 13.4. The number of aromatic nitrogens is 1. The number of hydrogen-bond donors (Lipinski definition) is 3. The van der Waals surface area contributed by atoms with Crippen LogP contribution in [0.4, 0.5) is 11.5 Å². The van der Waals surface area contributed by atoms with Crippen LogP contribution in [0.1, 0.15) is 25.0 Å². The minimum absolute atomic E-state index is 0.241. The first-order valence-electron chi connectivity index (χ1n) is 5.95. The number of carboxylic acids is 1. The Bertz CT molecular complexity index is 407. The number of hydrogen-bond acceptors (Lipinski definition) is 4. The van der Waals surface area contributed by atoms with Gasteiger partial charge in [0.15, 0.2) is 0 Å². The van der Waals surface area contributed by atoms with Crippen molar-refractivity contribution in [2.24, 2.45) is 0 Å². The number of unbranched alkanes of at least 4 members (excludes halogenated alkanes) is 1. The van der Waals surface area contributed by atoms with Crippen molar-refractivity contribution >= 4 is 17.5 Å². The first kappa shape index (κ1) is 11.7. The van der Waals surface area contributed by atoms with Gasteiger partial charge in [0.2, 0.25) is 0 Å². The SMILES string of the molecule is O=C(O)CCCCc1ccc2c(n1)NCCN2. The van der Waals surface area contributed by atoms with E-state index in [1.807, 2.05) is 12.1 Å². The van der Waals surface area contributed by atoms with Crippen molar-refractivity contribution in [3.05, 3.63) is 17.8 Å². The fraction of sp³-hybridized carbons (Fsp3) is 0.500. The molecule has 92 valence electrons. The molecule has 2 rings (SSSR count). The zero-order valence-corrected chi connectivity index (χ0v) is 9.70. The molecule has 1 aliphatic heterocycles. The van der Waals surface area contributed by atoms with Gasteiger partial charge >= 0.3 is 5.97 Å². The second-order valence-corrected chi connectivity index (χ2v) is 4.15. The topological polar surface area (TPSA) is 74.2 Å². The minimum atomic E-state index is -0.728. The zero-order chi connectivity index (χ0) is 12.1. The lowest BCUT2D eigenvalue weighted by atomic mass is 10.1. The van der Waals surface area contributed by atoms with E-state index in [1.165, 1.54) is 0 Å². The largest absolute Gasteiger partial charge is 0.481 e. The van der Waals surface area contributed by atoms with Crippen molar-refractivity contribution in [3.8, 4) is 0 Å². The third-order valence-corrected chi connectivity index (χ3v) is 2.76. The zero-order valence-electron chi connectivity index (χ0n) is 9.70. The molecule has 0 bridgehead atoms. The van der Waals surface area contributed by atoms with Crippen molar-refractivity contribution in [2.45, 2.75) is 25.7 Å². The molecule has 2 heterocycles. The second kappa shape index (κ2) is 5.52. The van der Waals surface area contributed by atoms with E-state index in [1.54, 1.807) is 0 Å². The highest BCUT2D eigenvalue weighted by atomic mass is 16.4. The molecule has 0 radical (unpaired) electrons. The van der Waals surface area contributed by atoms with Gasteiger partial charge in [-0.25, -0.2) is 4.98 Å². The average Bonchev–Trinajstić information content (AvgIpc) is 2.34. The summed E-state index contributed by atoms with van der Waals surface area (Å²) in [5.41, 5.74) is 2.07. The molecular formula is C12H17N3O2. The summed E-state index contributed by atoms with van der Waals surface area (Å²) in [4.78, 5) is 14.9. The Morgan fingerprint density at radius 1 is 1.29 bits per heavy atom. The maximum atomic E-state index is 10.4. The predicted molar refractivity (Wildman–Crippen MR) is 66.4 cm³/mol. The van der Waals surface area contributed by atoms with E-state index in [4.69, 9.17) is 5.11 Å². The fourth-order valence-corrected chi connectivity index (χ4v) is 1.88. The predicted octanol–water partition coefficient (Wildman–Crippen LogP) is 1.72. The van der Waals surface area contributed by atoms with Crippen LogP contribution < -0.4 is 10.6 Å². The molecule has 1 aromatic heterocycles. The first-order chi connectivity index (χ1) is 8.25. The van der Waals surface area contributed by atoms with Crippen LogP contribution in [0.25, 0.3) is 0 Å². The Hall–Kier alpha value is -1.78. The van der Waals surface area contributed by atoms with Crippen LogP contribution in [0.3, 0.4) is 0 Å². The van der Waals surface area contributed by atoms with E-state index in [9.17, 15) is 4.79 Å². The highest BCUT2D eigenvalue weighted by Crippen LogP contribution is 2.22. The van der Waals surface area contributed by atoms with Gasteiger partial charge in [0.05, 0.1) is 5.69 Å². The molecule has 0 saturated carbocycles. The number of anilines is 2. The molecule has 0 unspecified atom stereocenters. The molecule has 5 heteroatoms. The summed E-state index contributed by atoms with van der Waals surface area (Å²) < 4.78 is 0. The number of rotatable bonds is 5. The molecule has 0 atom stereocenters. The molecule has 17 heavy (non-hydrogen) atoms. The van der Waals surface area contributed by atoms with Gasteiger partial charge in [0, 0.05) is 25.2 Å². The number of nitrogens with zero attached hydrogens (tertiary/aromatic N) is 1. The van der Waals surface area contributed by atoms with E-state index in [0.29, 0.717) is 6.42 Å². The van der Waals surface area contributed by atoms with Crippen molar-refractivity contribution in [2.75, 3.05) is 23.7 Å². The van der Waals surface area contributed by atoms with Gasteiger partial charge in [-0.1, -0.05) is 0 Å². The molecule has 0 saturated heterocycles. The fourth-order valence-electron chi connectivity index (χ4n) is 1.88. The van der Waals surface area contributed by atoms with Crippen LogP contribution in [0.15, 0.2) is 12.1 Å². The van der Waals surface area contributed by atoms with Gasteiger partial charge in [0.25, 0.3) is 0 Å². The van der Waals surface area contributed by atoms with Crippen LogP contribution in [0.5, 0.6) is 0 Å². The minimum Gasteiger partial charge on any atom is -0.481 e. The third kappa shape index (κ3) is 3.34. The monoisotopic (exact) mass is 235 g/mol. The lowest BCUT2D eigenvalue weighted by molar-refractivity contribution is -0.137. The lowest BCUT2D eigenvalue weighted by Gasteiger charge is -2.19. The van der Waals surface area contributed by atoms with E-state index in [0.717, 1.165) is 43.1 Å². The maximum Gasteiger partial charge on any atom is 0.303 e. The van der Waals surface area contributed by atoms with Crippen LogP contribution >= 0.6 is 0 Å². The molecule has 0 aromatic carbocycles. The molecular weight excluding hydrogens is 218 g/mol. The first-order valence-corrected chi connectivity index (χ1v) is 5.95. The molecule has 0 amide bonds. The summed E-state index contributed by atoms with van der Waals surface area (Å²) >= 11 is 0. The molecule has 0 spiro atoms. The standard InChI is InChI=1S/C12H17N3O2/c16-11(17)4-2-1-3-9-5-6-10-12(15-9)14-8-7-13-10/h5-6,13H,1-4,7-8H2,(H,14,15)(H,16,17). The Morgan fingerprint density at radius 3 is 2.94 bits per heavy atom. The number of carbonyl (C=O) groups is 1. The van der Waals surface area contributed by atoms with E-state index >= 15 is 0 Å².